The van der Waals surface area contributed by atoms with Gasteiger partial charge in [0.25, 0.3) is 11.6 Å². The number of hydrogen-bond acceptors (Lipinski definition) is 5. The number of amides is 1. The van der Waals surface area contributed by atoms with Gasteiger partial charge in [-0.15, -0.1) is 0 Å². The molecule has 1 amide bonds. The van der Waals surface area contributed by atoms with E-state index in [9.17, 15) is 14.9 Å². The molecule has 0 bridgehead atoms. The van der Waals surface area contributed by atoms with E-state index in [0.29, 0.717) is 4.91 Å². The Hall–Kier alpha value is -2.87. The first-order valence-electron chi connectivity index (χ1n) is 6.25. The zero-order chi connectivity index (χ0) is 15.7. The number of nitrogens with zero attached hydrogens (tertiary/aromatic N) is 3. The van der Waals surface area contributed by atoms with Gasteiger partial charge in [0, 0.05) is 29.7 Å². The molecule has 8 heteroatoms. The second-order valence-electron chi connectivity index (χ2n) is 4.44. The second-order valence-corrected chi connectivity index (χ2v) is 5.50. The zero-order valence-corrected chi connectivity index (χ0v) is 12.0. The Bertz CT molecular complexity index is 821. The number of nitro benzene ring substituents is 1. The quantitative estimate of drug-likeness (QED) is 0.532. The third kappa shape index (κ3) is 2.63. The fourth-order valence-corrected chi connectivity index (χ4v) is 2.71. The zero-order valence-electron chi connectivity index (χ0n) is 11.2. The minimum absolute atomic E-state index is 0.0264. The number of carbonyl (C=O) groups is 1. The Kier molecular flexibility index (Phi) is 3.51. The first-order valence-corrected chi connectivity index (χ1v) is 7.06. The lowest BCUT2D eigenvalue weighted by molar-refractivity contribution is -0.384. The third-order valence-electron chi connectivity index (χ3n) is 3.04. The lowest BCUT2D eigenvalue weighted by Gasteiger charge is -2.06. The minimum atomic E-state index is -0.448. The van der Waals surface area contributed by atoms with Gasteiger partial charge in [-0.3, -0.25) is 14.9 Å². The van der Waals surface area contributed by atoms with Crippen molar-refractivity contribution < 1.29 is 9.72 Å². The van der Waals surface area contributed by atoms with E-state index in [1.165, 1.54) is 12.1 Å². The van der Waals surface area contributed by atoms with Crippen molar-refractivity contribution in [1.29, 1.82) is 0 Å². The van der Waals surface area contributed by atoms with E-state index in [4.69, 9.17) is 5.73 Å². The van der Waals surface area contributed by atoms with Crippen molar-refractivity contribution in [2.75, 3.05) is 0 Å². The summed E-state index contributed by atoms with van der Waals surface area (Å²) in [6.07, 6.45) is 3.50. The standard InChI is InChI=1S/C14H10N4O3S/c15-14-16-13(19)12(22-14)8-11-2-1-7-17(11)9-3-5-10(6-4-9)18(20)21/h1-8H,(H2,15,16,19)/b12-8+. The fraction of sp³-hybridized carbons (Fsp3) is 0. The first kappa shape index (κ1) is 14.1. The van der Waals surface area contributed by atoms with Crippen LogP contribution in [0.3, 0.4) is 0 Å². The van der Waals surface area contributed by atoms with Crippen molar-refractivity contribution in [3.05, 3.63) is 63.3 Å². The van der Waals surface area contributed by atoms with E-state index in [0.717, 1.165) is 23.1 Å². The van der Waals surface area contributed by atoms with E-state index in [1.807, 2.05) is 22.9 Å². The van der Waals surface area contributed by atoms with Crippen LogP contribution in [-0.4, -0.2) is 20.6 Å². The van der Waals surface area contributed by atoms with Gasteiger partial charge in [0.05, 0.1) is 9.83 Å². The van der Waals surface area contributed by atoms with E-state index < -0.39 is 4.92 Å². The van der Waals surface area contributed by atoms with Crippen LogP contribution in [0.4, 0.5) is 5.69 Å². The summed E-state index contributed by atoms with van der Waals surface area (Å²) < 4.78 is 1.82. The van der Waals surface area contributed by atoms with Crippen molar-refractivity contribution in [2.24, 2.45) is 10.7 Å². The van der Waals surface area contributed by atoms with Gasteiger partial charge < -0.3 is 10.3 Å². The van der Waals surface area contributed by atoms with Crippen LogP contribution in [0.5, 0.6) is 0 Å². The first-order chi connectivity index (χ1) is 10.5. The molecule has 3 rings (SSSR count). The number of carbonyl (C=O) groups excluding carboxylic acids is 1. The Morgan fingerprint density at radius 1 is 1.27 bits per heavy atom. The maximum absolute atomic E-state index is 11.6. The van der Waals surface area contributed by atoms with Crippen LogP contribution in [0.1, 0.15) is 5.69 Å². The molecule has 0 saturated carbocycles. The lowest BCUT2D eigenvalue weighted by Crippen LogP contribution is -2.01. The molecule has 0 atom stereocenters. The number of amidine groups is 1. The van der Waals surface area contributed by atoms with Gasteiger partial charge >= 0.3 is 0 Å². The number of thioether (sulfide) groups is 1. The molecule has 110 valence electrons. The number of nitrogens with two attached hydrogens (primary N) is 1. The normalized spacial score (nSPS) is 16.1. The molecule has 0 fully saturated rings. The number of aromatic nitrogens is 1. The van der Waals surface area contributed by atoms with Crippen LogP contribution in [-0.2, 0) is 4.79 Å². The molecule has 0 saturated heterocycles. The number of aliphatic imine (C=N–C) groups is 1. The molecule has 1 aliphatic heterocycles. The molecule has 2 heterocycles. The molecule has 2 N–H and O–H groups in total. The second kappa shape index (κ2) is 5.49. The molecule has 1 aliphatic rings. The van der Waals surface area contributed by atoms with Crippen LogP contribution in [0, 0.1) is 10.1 Å². The predicted octanol–water partition coefficient (Wildman–Crippen LogP) is 2.31. The number of non-ortho nitro benzene ring substituents is 1. The molecule has 2 aromatic rings. The highest BCUT2D eigenvalue weighted by Crippen LogP contribution is 2.27. The Morgan fingerprint density at radius 2 is 2.00 bits per heavy atom. The van der Waals surface area contributed by atoms with Crippen LogP contribution in [0.25, 0.3) is 11.8 Å². The van der Waals surface area contributed by atoms with Gasteiger partial charge in [-0.2, -0.15) is 4.99 Å². The number of hydrogen-bond donors (Lipinski definition) is 1. The van der Waals surface area contributed by atoms with Crippen molar-refractivity contribution >= 4 is 34.6 Å². The Morgan fingerprint density at radius 3 is 2.59 bits per heavy atom. The summed E-state index contributed by atoms with van der Waals surface area (Å²) in [5.74, 6) is -0.362. The maximum atomic E-state index is 11.6. The molecule has 0 spiro atoms. The average molecular weight is 314 g/mol. The molecule has 1 aromatic heterocycles. The molecule has 0 aliphatic carbocycles. The summed E-state index contributed by atoms with van der Waals surface area (Å²) in [4.78, 5) is 26.0. The van der Waals surface area contributed by atoms with E-state index in [1.54, 1.807) is 18.2 Å². The van der Waals surface area contributed by atoms with Crippen LogP contribution in [0.15, 0.2) is 52.5 Å². The highest BCUT2D eigenvalue weighted by molar-refractivity contribution is 8.18. The van der Waals surface area contributed by atoms with Gasteiger partial charge in [0.15, 0.2) is 5.17 Å². The molecular formula is C14H10N4O3S. The largest absolute Gasteiger partial charge is 0.378 e. The van der Waals surface area contributed by atoms with Gasteiger partial charge in [0.2, 0.25) is 0 Å². The summed E-state index contributed by atoms with van der Waals surface area (Å²) in [6.45, 7) is 0. The van der Waals surface area contributed by atoms with Gasteiger partial charge in [0.1, 0.15) is 0 Å². The lowest BCUT2D eigenvalue weighted by atomic mass is 10.2. The predicted molar refractivity (Wildman–Crippen MR) is 84.6 cm³/mol. The summed E-state index contributed by atoms with van der Waals surface area (Å²) in [6, 6.07) is 9.81. The summed E-state index contributed by atoms with van der Waals surface area (Å²) in [5.41, 5.74) is 7.06. The summed E-state index contributed by atoms with van der Waals surface area (Å²) in [5, 5.41) is 10.9. The highest BCUT2D eigenvalue weighted by Gasteiger charge is 2.20. The molecule has 7 nitrogen and oxygen atoms in total. The number of rotatable bonds is 3. The van der Waals surface area contributed by atoms with Crippen LogP contribution in [0.2, 0.25) is 0 Å². The monoisotopic (exact) mass is 314 g/mol. The fourth-order valence-electron chi connectivity index (χ4n) is 2.04. The van der Waals surface area contributed by atoms with Gasteiger partial charge in [-0.1, -0.05) is 0 Å². The van der Waals surface area contributed by atoms with Crippen molar-refractivity contribution in [3.63, 3.8) is 0 Å². The Labute approximate surface area is 129 Å². The molecular weight excluding hydrogens is 304 g/mol. The van der Waals surface area contributed by atoms with Crippen LogP contribution >= 0.6 is 11.8 Å². The van der Waals surface area contributed by atoms with E-state index >= 15 is 0 Å². The topological polar surface area (TPSA) is 104 Å². The third-order valence-corrected chi connectivity index (χ3v) is 3.85. The maximum Gasteiger partial charge on any atom is 0.286 e. The highest BCUT2D eigenvalue weighted by atomic mass is 32.2. The van der Waals surface area contributed by atoms with E-state index in [-0.39, 0.29) is 16.8 Å². The Balaban J connectivity index is 1.94. The average Bonchev–Trinajstić information content (AvgIpc) is 3.06. The summed E-state index contributed by atoms with van der Waals surface area (Å²) in [7, 11) is 0. The molecule has 0 unspecified atom stereocenters. The number of benzene rings is 1. The van der Waals surface area contributed by atoms with Crippen molar-refractivity contribution in [2.45, 2.75) is 0 Å². The summed E-state index contributed by atoms with van der Waals surface area (Å²) >= 11 is 1.12. The van der Waals surface area contributed by atoms with Crippen molar-refractivity contribution in [3.8, 4) is 5.69 Å². The molecule has 0 radical (unpaired) electrons. The molecule has 22 heavy (non-hydrogen) atoms. The molecule has 1 aromatic carbocycles. The van der Waals surface area contributed by atoms with Gasteiger partial charge in [-0.05, 0) is 42.1 Å². The van der Waals surface area contributed by atoms with Gasteiger partial charge in [-0.25, -0.2) is 0 Å². The van der Waals surface area contributed by atoms with E-state index in [2.05, 4.69) is 4.99 Å². The number of nitro groups is 1. The van der Waals surface area contributed by atoms with Crippen molar-refractivity contribution in [1.82, 2.24) is 4.57 Å². The SMILES string of the molecule is NC1=NC(=O)/C(=C\c2cccn2-c2ccc([N+](=O)[O-])cc2)S1. The van der Waals surface area contributed by atoms with Crippen LogP contribution < -0.4 is 5.73 Å². The smallest absolute Gasteiger partial charge is 0.286 e. The minimum Gasteiger partial charge on any atom is -0.378 e.